The Bertz CT molecular complexity index is 1150. The standard InChI is InChI=1S/C19H16Cl2N2O3S/c1-12(24)23(17-5-3-4-6-18(17)27(2,25)26)11-13-7-8-14-15(20)10-19(21)22-16(14)9-13/h3-10H,11H2,1-2H3. The van der Waals surface area contributed by atoms with Gasteiger partial charge in [0, 0.05) is 18.6 Å². The minimum absolute atomic E-state index is 0.102. The van der Waals surface area contributed by atoms with Crippen molar-refractivity contribution in [3.63, 3.8) is 0 Å². The number of hydrogen-bond acceptors (Lipinski definition) is 4. The van der Waals surface area contributed by atoms with Gasteiger partial charge in [-0.3, -0.25) is 4.79 Å². The molecular formula is C19H16Cl2N2O3S. The van der Waals surface area contributed by atoms with Crippen molar-refractivity contribution in [3.05, 3.63) is 64.3 Å². The van der Waals surface area contributed by atoms with Gasteiger partial charge in [-0.2, -0.15) is 0 Å². The molecular weight excluding hydrogens is 407 g/mol. The van der Waals surface area contributed by atoms with Gasteiger partial charge >= 0.3 is 0 Å². The molecule has 0 saturated heterocycles. The first-order valence-corrected chi connectivity index (χ1v) is 10.6. The maximum Gasteiger partial charge on any atom is 0.224 e. The van der Waals surface area contributed by atoms with Gasteiger partial charge in [-0.05, 0) is 29.8 Å². The molecule has 0 unspecified atom stereocenters. The average Bonchev–Trinajstić information content (AvgIpc) is 2.58. The molecule has 0 spiro atoms. The van der Waals surface area contributed by atoms with Crippen molar-refractivity contribution in [3.8, 4) is 0 Å². The van der Waals surface area contributed by atoms with Crippen molar-refractivity contribution in [2.45, 2.75) is 18.4 Å². The van der Waals surface area contributed by atoms with Crippen LogP contribution in [0.3, 0.4) is 0 Å². The summed E-state index contributed by atoms with van der Waals surface area (Å²) in [4.78, 5) is 18.1. The summed E-state index contributed by atoms with van der Waals surface area (Å²) in [6, 6.07) is 13.4. The number of pyridine rings is 1. The molecule has 140 valence electrons. The maximum absolute atomic E-state index is 12.3. The second-order valence-electron chi connectivity index (χ2n) is 6.12. The first-order valence-electron chi connectivity index (χ1n) is 7.98. The van der Waals surface area contributed by atoms with E-state index in [1.807, 2.05) is 6.07 Å². The highest BCUT2D eigenvalue weighted by molar-refractivity contribution is 7.90. The number of aromatic nitrogens is 1. The lowest BCUT2D eigenvalue weighted by atomic mass is 10.1. The van der Waals surface area contributed by atoms with E-state index in [1.165, 1.54) is 17.9 Å². The van der Waals surface area contributed by atoms with Gasteiger partial charge in [0.05, 0.1) is 27.7 Å². The molecule has 1 aromatic heterocycles. The number of halogens is 2. The van der Waals surface area contributed by atoms with E-state index in [9.17, 15) is 13.2 Å². The number of rotatable bonds is 4. The van der Waals surface area contributed by atoms with E-state index in [0.717, 1.165) is 17.2 Å². The highest BCUT2D eigenvalue weighted by atomic mass is 35.5. The Morgan fingerprint density at radius 1 is 1.11 bits per heavy atom. The molecule has 0 fully saturated rings. The minimum atomic E-state index is -3.49. The van der Waals surface area contributed by atoms with E-state index in [1.54, 1.807) is 36.4 Å². The summed E-state index contributed by atoms with van der Waals surface area (Å²) in [7, 11) is -3.49. The fourth-order valence-corrected chi connectivity index (χ4v) is 4.25. The molecule has 27 heavy (non-hydrogen) atoms. The maximum atomic E-state index is 12.3. The smallest absolute Gasteiger partial charge is 0.224 e. The molecule has 0 radical (unpaired) electrons. The van der Waals surface area contributed by atoms with E-state index in [4.69, 9.17) is 23.2 Å². The first kappa shape index (κ1) is 19.6. The highest BCUT2D eigenvalue weighted by Gasteiger charge is 2.21. The zero-order valence-corrected chi connectivity index (χ0v) is 16.9. The Morgan fingerprint density at radius 2 is 1.81 bits per heavy atom. The number of sulfone groups is 1. The van der Waals surface area contributed by atoms with Gasteiger partial charge in [0.1, 0.15) is 5.15 Å². The molecule has 1 amide bonds. The van der Waals surface area contributed by atoms with E-state index in [-0.39, 0.29) is 22.5 Å². The van der Waals surface area contributed by atoms with Crippen molar-refractivity contribution < 1.29 is 13.2 Å². The monoisotopic (exact) mass is 422 g/mol. The van der Waals surface area contributed by atoms with E-state index in [0.29, 0.717) is 16.2 Å². The van der Waals surface area contributed by atoms with Crippen LogP contribution in [0.25, 0.3) is 10.9 Å². The van der Waals surface area contributed by atoms with Gasteiger partial charge in [0.25, 0.3) is 0 Å². The van der Waals surface area contributed by atoms with Crippen molar-refractivity contribution >= 4 is 55.5 Å². The number of hydrogen-bond donors (Lipinski definition) is 0. The number of para-hydroxylation sites is 1. The van der Waals surface area contributed by atoms with Crippen LogP contribution in [-0.2, 0) is 21.2 Å². The van der Waals surface area contributed by atoms with E-state index < -0.39 is 9.84 Å². The van der Waals surface area contributed by atoms with Crippen molar-refractivity contribution in [2.24, 2.45) is 0 Å². The van der Waals surface area contributed by atoms with Crippen LogP contribution in [0.1, 0.15) is 12.5 Å². The highest BCUT2D eigenvalue weighted by Crippen LogP contribution is 2.29. The predicted octanol–water partition coefficient (Wildman–Crippen LogP) is 4.50. The summed E-state index contributed by atoms with van der Waals surface area (Å²) in [6.07, 6.45) is 1.12. The number of amides is 1. The second kappa shape index (κ2) is 7.46. The quantitative estimate of drug-likeness (QED) is 0.580. The minimum Gasteiger partial charge on any atom is -0.307 e. The zero-order valence-electron chi connectivity index (χ0n) is 14.6. The molecule has 0 atom stereocenters. The normalized spacial score (nSPS) is 11.6. The third-order valence-corrected chi connectivity index (χ3v) is 5.72. The van der Waals surface area contributed by atoms with Crippen LogP contribution < -0.4 is 4.90 Å². The molecule has 3 rings (SSSR count). The Balaban J connectivity index is 2.07. The van der Waals surface area contributed by atoms with E-state index >= 15 is 0 Å². The SMILES string of the molecule is CC(=O)N(Cc1ccc2c(Cl)cc(Cl)nc2c1)c1ccccc1S(C)(=O)=O. The number of carbonyl (C=O) groups excluding carboxylic acids is 1. The Labute approximate surface area is 167 Å². The van der Waals surface area contributed by atoms with Gasteiger partial charge in [-0.15, -0.1) is 0 Å². The van der Waals surface area contributed by atoms with Crippen LogP contribution in [0.5, 0.6) is 0 Å². The number of carbonyl (C=O) groups is 1. The number of benzene rings is 2. The lowest BCUT2D eigenvalue weighted by Crippen LogP contribution is -2.29. The number of anilines is 1. The van der Waals surface area contributed by atoms with Gasteiger partial charge in [0.15, 0.2) is 9.84 Å². The molecule has 0 aliphatic rings. The zero-order chi connectivity index (χ0) is 19.8. The molecule has 8 heteroatoms. The number of nitrogens with zero attached hydrogens (tertiary/aromatic N) is 2. The predicted molar refractivity (Wildman–Crippen MR) is 108 cm³/mol. The topological polar surface area (TPSA) is 67.3 Å². The van der Waals surface area contributed by atoms with Gasteiger partial charge < -0.3 is 4.90 Å². The van der Waals surface area contributed by atoms with Gasteiger partial charge in [-0.25, -0.2) is 13.4 Å². The molecule has 2 aromatic carbocycles. The largest absolute Gasteiger partial charge is 0.307 e. The first-order chi connectivity index (χ1) is 12.7. The lowest BCUT2D eigenvalue weighted by Gasteiger charge is -2.23. The van der Waals surface area contributed by atoms with Crippen LogP contribution in [-0.4, -0.2) is 25.6 Å². The van der Waals surface area contributed by atoms with Crippen molar-refractivity contribution in [1.29, 1.82) is 0 Å². The van der Waals surface area contributed by atoms with Crippen LogP contribution in [0.4, 0.5) is 5.69 Å². The van der Waals surface area contributed by atoms with Gasteiger partial charge in [0.2, 0.25) is 5.91 Å². The van der Waals surface area contributed by atoms with Crippen LogP contribution in [0, 0.1) is 0 Å². The Hall–Kier alpha value is -2.15. The molecule has 0 aliphatic carbocycles. The summed E-state index contributed by atoms with van der Waals surface area (Å²) in [6.45, 7) is 1.58. The summed E-state index contributed by atoms with van der Waals surface area (Å²) in [5.74, 6) is -0.275. The summed E-state index contributed by atoms with van der Waals surface area (Å²) in [5.41, 5.74) is 1.71. The van der Waals surface area contributed by atoms with Crippen LogP contribution >= 0.6 is 23.2 Å². The third-order valence-electron chi connectivity index (χ3n) is 4.07. The molecule has 0 saturated carbocycles. The molecule has 1 heterocycles. The van der Waals surface area contributed by atoms with Crippen LogP contribution in [0.15, 0.2) is 53.4 Å². The molecule has 0 bridgehead atoms. The second-order valence-corrected chi connectivity index (χ2v) is 8.90. The Morgan fingerprint density at radius 3 is 2.48 bits per heavy atom. The van der Waals surface area contributed by atoms with Crippen molar-refractivity contribution in [2.75, 3.05) is 11.2 Å². The summed E-state index contributed by atoms with van der Waals surface area (Å²) >= 11 is 12.2. The Kier molecular flexibility index (Phi) is 5.42. The van der Waals surface area contributed by atoms with Gasteiger partial charge in [-0.1, -0.05) is 47.5 Å². The molecule has 0 aliphatic heterocycles. The fourth-order valence-electron chi connectivity index (χ4n) is 2.84. The van der Waals surface area contributed by atoms with Crippen LogP contribution in [0.2, 0.25) is 10.2 Å². The number of fused-ring (bicyclic) bond motifs is 1. The summed E-state index contributed by atoms with van der Waals surface area (Å²) in [5, 5.41) is 1.51. The lowest BCUT2D eigenvalue weighted by molar-refractivity contribution is -0.116. The fraction of sp³-hybridized carbons (Fsp3) is 0.158. The molecule has 5 nitrogen and oxygen atoms in total. The molecule has 3 aromatic rings. The van der Waals surface area contributed by atoms with Crippen molar-refractivity contribution in [1.82, 2.24) is 4.98 Å². The average molecular weight is 423 g/mol. The summed E-state index contributed by atoms with van der Waals surface area (Å²) < 4.78 is 24.2. The molecule has 0 N–H and O–H groups in total. The third kappa shape index (κ3) is 4.24. The van der Waals surface area contributed by atoms with E-state index in [2.05, 4.69) is 4.98 Å².